The van der Waals surface area contributed by atoms with Gasteiger partial charge in [-0.2, -0.15) is 0 Å². The molecule has 5 heteroatoms. The third kappa shape index (κ3) is 3.54. The van der Waals surface area contributed by atoms with Crippen LogP contribution in [0, 0.1) is 0 Å². The first-order valence-electron chi connectivity index (χ1n) is 8.82. The van der Waals surface area contributed by atoms with Crippen LogP contribution in [0.2, 0.25) is 5.02 Å². The van der Waals surface area contributed by atoms with E-state index in [-0.39, 0.29) is 5.91 Å². The van der Waals surface area contributed by atoms with Crippen LogP contribution in [0.1, 0.15) is 16.7 Å². The average molecular weight is 385 g/mol. The normalized spacial score (nSPS) is 19.0. The second-order valence-corrected chi connectivity index (χ2v) is 8.23. The lowest BCUT2D eigenvalue weighted by Gasteiger charge is -2.32. The molecule has 1 fully saturated rings. The summed E-state index contributed by atoms with van der Waals surface area (Å²) in [6.07, 6.45) is 1.81. The molecule has 2 aromatic rings. The molecule has 0 spiro atoms. The molecule has 2 aromatic carbocycles. The molecule has 0 saturated carbocycles. The first-order chi connectivity index (χ1) is 12.6. The Balaban J connectivity index is 1.78. The minimum Gasteiger partial charge on any atom is -0.337 e. The maximum absolute atomic E-state index is 13.0. The van der Waals surface area contributed by atoms with Crippen molar-refractivity contribution < 1.29 is 4.79 Å². The number of nitrogens with zero attached hydrogens (tertiary/aromatic N) is 2. The summed E-state index contributed by atoms with van der Waals surface area (Å²) in [4.78, 5) is 18.3. The van der Waals surface area contributed by atoms with Crippen LogP contribution in [0.3, 0.4) is 0 Å². The number of piperazine rings is 1. The summed E-state index contributed by atoms with van der Waals surface area (Å²) < 4.78 is 0. The van der Waals surface area contributed by atoms with Crippen molar-refractivity contribution in [2.75, 3.05) is 33.2 Å². The van der Waals surface area contributed by atoms with E-state index in [1.54, 1.807) is 11.8 Å². The Kier molecular flexibility index (Phi) is 5.07. The van der Waals surface area contributed by atoms with Gasteiger partial charge >= 0.3 is 0 Å². The van der Waals surface area contributed by atoms with Gasteiger partial charge in [-0.3, -0.25) is 4.79 Å². The van der Waals surface area contributed by atoms with E-state index in [0.717, 1.165) is 48.6 Å². The lowest BCUT2D eigenvalue weighted by Crippen LogP contribution is -2.46. The highest BCUT2D eigenvalue weighted by molar-refractivity contribution is 7.98. The van der Waals surface area contributed by atoms with E-state index in [2.05, 4.69) is 36.2 Å². The van der Waals surface area contributed by atoms with Gasteiger partial charge < -0.3 is 9.80 Å². The van der Waals surface area contributed by atoms with Gasteiger partial charge in [-0.05, 0) is 47.5 Å². The molecule has 0 unspecified atom stereocenters. The summed E-state index contributed by atoms with van der Waals surface area (Å²) in [6.45, 7) is 3.39. The fourth-order valence-corrected chi connectivity index (χ4v) is 4.67. The fraction of sp³-hybridized carbons (Fsp3) is 0.286. The van der Waals surface area contributed by atoms with Crippen molar-refractivity contribution in [2.24, 2.45) is 0 Å². The molecule has 0 aromatic heterocycles. The number of fused-ring (bicyclic) bond motifs is 2. The smallest absolute Gasteiger partial charge is 0.247 e. The number of halogens is 1. The van der Waals surface area contributed by atoms with E-state index in [4.69, 9.17) is 11.6 Å². The first-order valence-corrected chi connectivity index (χ1v) is 10.2. The molecule has 2 aliphatic rings. The number of hydrogen-bond acceptors (Lipinski definition) is 3. The molecule has 0 aliphatic carbocycles. The predicted molar refractivity (Wildman–Crippen MR) is 109 cm³/mol. The highest BCUT2D eigenvalue weighted by Gasteiger charge is 2.22. The topological polar surface area (TPSA) is 23.6 Å². The van der Waals surface area contributed by atoms with Crippen molar-refractivity contribution in [2.45, 2.75) is 10.6 Å². The predicted octanol–water partition coefficient (Wildman–Crippen LogP) is 4.15. The average Bonchev–Trinajstić information content (AvgIpc) is 2.80. The Morgan fingerprint density at radius 3 is 2.65 bits per heavy atom. The van der Waals surface area contributed by atoms with Crippen molar-refractivity contribution in [3.05, 3.63) is 70.3 Å². The largest absolute Gasteiger partial charge is 0.337 e. The van der Waals surface area contributed by atoms with Crippen molar-refractivity contribution in [1.29, 1.82) is 0 Å². The third-order valence-corrected chi connectivity index (χ3v) is 6.36. The van der Waals surface area contributed by atoms with Gasteiger partial charge in [0.1, 0.15) is 0 Å². The number of likely N-dealkylation sites (N-methyl/N-ethyl adjacent to an activating group) is 1. The monoisotopic (exact) mass is 384 g/mol. The summed E-state index contributed by atoms with van der Waals surface area (Å²) in [5.41, 5.74) is 4.41. The number of benzene rings is 2. The van der Waals surface area contributed by atoms with Crippen LogP contribution in [0.15, 0.2) is 53.4 Å². The highest BCUT2D eigenvalue weighted by Crippen LogP contribution is 2.41. The van der Waals surface area contributed by atoms with Gasteiger partial charge in [-0.1, -0.05) is 35.9 Å². The Bertz CT molecular complexity index is 872. The zero-order valence-electron chi connectivity index (χ0n) is 14.7. The van der Waals surface area contributed by atoms with Gasteiger partial charge in [-0.25, -0.2) is 0 Å². The van der Waals surface area contributed by atoms with Crippen molar-refractivity contribution >= 4 is 34.8 Å². The van der Waals surface area contributed by atoms with Gasteiger partial charge in [0.25, 0.3) is 0 Å². The van der Waals surface area contributed by atoms with Crippen molar-refractivity contribution in [3.8, 4) is 0 Å². The van der Waals surface area contributed by atoms with Crippen LogP contribution in [0.4, 0.5) is 0 Å². The molecule has 0 atom stereocenters. The summed E-state index contributed by atoms with van der Waals surface area (Å²) in [5.74, 6) is 0.978. The first kappa shape index (κ1) is 17.7. The minimum absolute atomic E-state index is 0.0840. The van der Waals surface area contributed by atoms with Crippen LogP contribution in [0.25, 0.3) is 5.57 Å². The molecule has 0 bridgehead atoms. The van der Waals surface area contributed by atoms with Gasteiger partial charge in [0.15, 0.2) is 0 Å². The highest BCUT2D eigenvalue weighted by atomic mass is 35.5. The Labute approximate surface area is 163 Å². The number of carbonyl (C=O) groups is 1. The number of thioether (sulfide) groups is 1. The molecule has 4 rings (SSSR count). The van der Waals surface area contributed by atoms with Gasteiger partial charge in [0.2, 0.25) is 5.91 Å². The van der Waals surface area contributed by atoms with Crippen LogP contribution in [0.5, 0.6) is 0 Å². The molecule has 134 valence electrons. The molecule has 0 N–H and O–H groups in total. The third-order valence-electron chi connectivity index (χ3n) is 5.01. The van der Waals surface area contributed by atoms with Gasteiger partial charge in [-0.15, -0.1) is 11.8 Å². The molecule has 1 saturated heterocycles. The van der Waals surface area contributed by atoms with Crippen molar-refractivity contribution in [3.63, 3.8) is 0 Å². The molecular weight excluding hydrogens is 364 g/mol. The lowest BCUT2D eigenvalue weighted by molar-refractivity contribution is -0.127. The van der Waals surface area contributed by atoms with Crippen LogP contribution in [-0.2, 0) is 10.5 Å². The minimum atomic E-state index is 0.0840. The Morgan fingerprint density at radius 2 is 1.85 bits per heavy atom. The zero-order chi connectivity index (χ0) is 18.1. The zero-order valence-corrected chi connectivity index (χ0v) is 16.3. The van der Waals surface area contributed by atoms with Gasteiger partial charge in [0.05, 0.1) is 0 Å². The molecule has 26 heavy (non-hydrogen) atoms. The lowest BCUT2D eigenvalue weighted by atomic mass is 9.94. The number of amides is 1. The fourth-order valence-electron chi connectivity index (χ4n) is 3.45. The standard InChI is InChI=1S/C21H21ClN2OS/c1-23-8-10-24(11-9-23)21(25)13-18-17-5-3-2-4-15(17)14-26-20-7-6-16(22)12-19(18)20/h2-7,12-13H,8-11,14H2,1H3/b18-13-. The number of hydrogen-bond donors (Lipinski definition) is 0. The summed E-state index contributed by atoms with van der Waals surface area (Å²) in [7, 11) is 2.09. The van der Waals surface area contributed by atoms with E-state index in [0.29, 0.717) is 5.02 Å². The summed E-state index contributed by atoms with van der Waals surface area (Å²) in [5, 5.41) is 0.696. The van der Waals surface area contributed by atoms with Crippen LogP contribution in [-0.4, -0.2) is 48.9 Å². The van der Waals surface area contributed by atoms with E-state index < -0.39 is 0 Å². The van der Waals surface area contributed by atoms with E-state index in [9.17, 15) is 4.79 Å². The summed E-state index contributed by atoms with van der Waals surface area (Å²) >= 11 is 8.08. The van der Waals surface area contributed by atoms with Crippen LogP contribution < -0.4 is 0 Å². The van der Waals surface area contributed by atoms with Crippen LogP contribution >= 0.6 is 23.4 Å². The summed E-state index contributed by atoms with van der Waals surface area (Å²) in [6, 6.07) is 14.3. The quantitative estimate of drug-likeness (QED) is 0.690. The maximum atomic E-state index is 13.0. The molecule has 0 radical (unpaired) electrons. The molecule has 2 heterocycles. The molecule has 1 amide bonds. The molecular formula is C21H21ClN2OS. The Hall–Kier alpha value is -1.75. The van der Waals surface area contributed by atoms with E-state index >= 15 is 0 Å². The SMILES string of the molecule is CN1CCN(C(=O)/C=C2/c3ccccc3CSc3ccc(Cl)cc32)CC1. The second kappa shape index (κ2) is 7.47. The van der Waals surface area contributed by atoms with E-state index in [1.165, 1.54) is 10.5 Å². The Morgan fingerprint density at radius 1 is 1.08 bits per heavy atom. The van der Waals surface area contributed by atoms with E-state index in [1.807, 2.05) is 29.2 Å². The van der Waals surface area contributed by atoms with Crippen molar-refractivity contribution in [1.82, 2.24) is 9.80 Å². The molecule has 2 aliphatic heterocycles. The maximum Gasteiger partial charge on any atom is 0.247 e. The van der Waals surface area contributed by atoms with Gasteiger partial charge in [0, 0.05) is 47.9 Å². The number of carbonyl (C=O) groups excluding carboxylic acids is 1. The molecule has 3 nitrogen and oxygen atoms in total. The second-order valence-electron chi connectivity index (χ2n) is 6.77. The number of rotatable bonds is 1.